The number of anilines is 2. The maximum absolute atomic E-state index is 5.98. The van der Waals surface area contributed by atoms with E-state index < -0.39 is 0 Å². The minimum absolute atomic E-state index is 0.466. The average Bonchev–Trinajstić information content (AvgIpc) is 3.86. The van der Waals surface area contributed by atoms with Gasteiger partial charge in [-0.3, -0.25) is 0 Å². The second-order valence-corrected chi connectivity index (χ2v) is 14.5. The molecule has 0 bridgehead atoms. The van der Waals surface area contributed by atoms with Crippen LogP contribution in [-0.4, -0.2) is 29.2 Å². The van der Waals surface area contributed by atoms with Crippen molar-refractivity contribution in [1.82, 2.24) is 29.2 Å². The Morgan fingerprint density at radius 3 is 1.77 bits per heavy atom. The molecule has 0 aliphatic heterocycles. The molecule has 0 aliphatic rings. The Morgan fingerprint density at radius 1 is 0.583 bits per heavy atom. The van der Waals surface area contributed by atoms with Gasteiger partial charge in [-0.2, -0.15) is 5.10 Å². The van der Waals surface area contributed by atoms with E-state index >= 15 is 0 Å². The van der Waals surface area contributed by atoms with E-state index in [2.05, 4.69) is 115 Å². The van der Waals surface area contributed by atoms with Gasteiger partial charge in [0.25, 0.3) is 0 Å². The van der Waals surface area contributed by atoms with Crippen molar-refractivity contribution in [3.05, 3.63) is 131 Å². The first kappa shape index (κ1) is 30.3. The lowest BCUT2D eigenvalue weighted by molar-refractivity contribution is 0.945. The quantitative estimate of drug-likeness (QED) is 0.200. The Hall–Kier alpha value is -5.09. The predicted molar refractivity (Wildman–Crippen MR) is 201 cm³/mol. The Labute approximate surface area is 290 Å². The van der Waals surface area contributed by atoms with Gasteiger partial charge in [-0.1, -0.05) is 53.1 Å². The molecule has 9 rings (SSSR count). The Morgan fingerprint density at radius 2 is 1.17 bits per heavy atom. The Bertz CT molecular complexity index is 2630. The summed E-state index contributed by atoms with van der Waals surface area (Å²) in [5.74, 6) is 0.798. The SMILES string of the molecule is Cc1ccc2sc(-c3cnc4ccc(Cl)nn34)cc2c1.Cc1ccc2sc(-c3cnc4ccc(Nc5ccc(C)c(C)c5)nn34)cc2c1. The van der Waals surface area contributed by atoms with E-state index in [-0.39, 0.29) is 0 Å². The summed E-state index contributed by atoms with van der Waals surface area (Å²) in [4.78, 5) is 11.2. The summed E-state index contributed by atoms with van der Waals surface area (Å²) in [6, 6.07) is 31.4. The smallest absolute Gasteiger partial charge is 0.154 e. The van der Waals surface area contributed by atoms with Crippen LogP contribution in [0, 0.1) is 27.7 Å². The number of benzene rings is 3. The summed E-state index contributed by atoms with van der Waals surface area (Å²) in [7, 11) is 0. The number of hydrogen-bond acceptors (Lipinski definition) is 7. The van der Waals surface area contributed by atoms with Crippen molar-refractivity contribution < 1.29 is 0 Å². The van der Waals surface area contributed by atoms with Crippen molar-refractivity contribution in [3.63, 3.8) is 0 Å². The minimum Gasteiger partial charge on any atom is -0.339 e. The lowest BCUT2D eigenvalue weighted by atomic mass is 10.1. The molecular formula is C38H30ClN7S2. The average molecular weight is 684 g/mol. The fraction of sp³-hybridized carbons (Fsp3) is 0.105. The molecule has 1 N–H and O–H groups in total. The molecule has 48 heavy (non-hydrogen) atoms. The van der Waals surface area contributed by atoms with Crippen molar-refractivity contribution in [3.8, 4) is 21.1 Å². The number of thiophene rings is 2. The molecule has 0 amide bonds. The van der Waals surface area contributed by atoms with Gasteiger partial charge in [-0.25, -0.2) is 19.0 Å². The van der Waals surface area contributed by atoms with Gasteiger partial charge >= 0.3 is 0 Å². The lowest BCUT2D eigenvalue weighted by Gasteiger charge is -2.08. The molecule has 0 atom stereocenters. The molecular weight excluding hydrogens is 654 g/mol. The maximum Gasteiger partial charge on any atom is 0.154 e. The fourth-order valence-corrected chi connectivity index (χ4v) is 7.89. The first-order valence-electron chi connectivity index (χ1n) is 15.5. The number of halogens is 1. The second kappa shape index (κ2) is 12.2. The summed E-state index contributed by atoms with van der Waals surface area (Å²) in [5.41, 5.74) is 9.75. The number of aromatic nitrogens is 6. The topological polar surface area (TPSA) is 72.4 Å². The molecule has 6 aromatic heterocycles. The standard InChI is InChI=1S/C23H20N4S.C15H10ClN3S/c1-14-4-7-20-17(10-14)12-21(28-20)19-13-24-23-9-8-22(26-27(19)23)25-18-6-5-15(2)16(3)11-18;1-9-2-3-12-10(6-9)7-13(20-12)11-8-17-15-5-4-14(16)18-19(11)15/h4-13H,1-3H3,(H,25,26);2-8H,1H3. The van der Waals surface area contributed by atoms with Gasteiger partial charge in [0.05, 0.1) is 22.1 Å². The number of fused-ring (bicyclic) bond motifs is 4. The summed E-state index contributed by atoms with van der Waals surface area (Å²) in [6.45, 7) is 8.46. The number of hydrogen-bond donors (Lipinski definition) is 1. The van der Waals surface area contributed by atoms with Crippen LogP contribution in [0.25, 0.3) is 52.6 Å². The monoisotopic (exact) mass is 683 g/mol. The highest BCUT2D eigenvalue weighted by Gasteiger charge is 2.13. The highest BCUT2D eigenvalue weighted by molar-refractivity contribution is 7.22. The van der Waals surface area contributed by atoms with Crippen LogP contribution < -0.4 is 5.32 Å². The van der Waals surface area contributed by atoms with Crippen molar-refractivity contribution in [2.24, 2.45) is 0 Å². The third-order valence-corrected chi connectivity index (χ3v) is 10.8. The molecule has 0 saturated heterocycles. The Kier molecular flexibility index (Phi) is 7.67. The van der Waals surface area contributed by atoms with Crippen LogP contribution in [0.2, 0.25) is 5.15 Å². The molecule has 0 aliphatic carbocycles. The van der Waals surface area contributed by atoms with Crippen LogP contribution in [-0.2, 0) is 0 Å². The van der Waals surface area contributed by atoms with E-state index in [1.165, 1.54) is 47.3 Å². The zero-order valence-corrected chi connectivity index (χ0v) is 29.1. The van der Waals surface area contributed by atoms with Crippen molar-refractivity contribution in [2.45, 2.75) is 27.7 Å². The van der Waals surface area contributed by atoms with Crippen LogP contribution in [0.5, 0.6) is 0 Å². The molecule has 0 radical (unpaired) electrons. The Balaban J connectivity index is 0.000000148. The molecule has 6 heterocycles. The van der Waals surface area contributed by atoms with E-state index in [4.69, 9.17) is 16.7 Å². The van der Waals surface area contributed by atoms with E-state index in [9.17, 15) is 0 Å². The summed E-state index contributed by atoms with van der Waals surface area (Å²) in [5, 5.41) is 15.5. The maximum atomic E-state index is 5.98. The second-order valence-electron chi connectivity index (χ2n) is 11.9. The van der Waals surface area contributed by atoms with Gasteiger partial charge in [0.15, 0.2) is 17.1 Å². The first-order valence-corrected chi connectivity index (χ1v) is 17.5. The number of rotatable bonds is 4. The summed E-state index contributed by atoms with van der Waals surface area (Å²) < 4.78 is 6.25. The normalized spacial score (nSPS) is 11.4. The summed E-state index contributed by atoms with van der Waals surface area (Å²) in [6.07, 6.45) is 3.75. The molecule has 0 fully saturated rings. The number of imidazole rings is 2. The van der Waals surface area contributed by atoms with Gasteiger partial charge in [0.1, 0.15) is 16.5 Å². The molecule has 10 heteroatoms. The molecule has 0 unspecified atom stereocenters. The molecule has 3 aromatic carbocycles. The van der Waals surface area contributed by atoms with Gasteiger partial charge in [0.2, 0.25) is 0 Å². The van der Waals surface area contributed by atoms with Gasteiger partial charge in [0, 0.05) is 15.1 Å². The van der Waals surface area contributed by atoms with Crippen molar-refractivity contribution in [1.29, 1.82) is 0 Å². The van der Waals surface area contributed by atoms with Crippen LogP contribution in [0.3, 0.4) is 0 Å². The third-order valence-electron chi connectivity index (χ3n) is 8.32. The fourth-order valence-electron chi connectivity index (χ4n) is 5.67. The van der Waals surface area contributed by atoms with Crippen LogP contribution in [0.15, 0.2) is 103 Å². The molecule has 9 aromatic rings. The molecule has 236 valence electrons. The largest absolute Gasteiger partial charge is 0.339 e. The van der Waals surface area contributed by atoms with Crippen LogP contribution in [0.1, 0.15) is 22.3 Å². The molecule has 7 nitrogen and oxygen atoms in total. The molecule has 0 spiro atoms. The number of nitrogens with zero attached hydrogens (tertiary/aromatic N) is 6. The van der Waals surface area contributed by atoms with E-state index in [0.717, 1.165) is 39.1 Å². The zero-order chi connectivity index (χ0) is 32.9. The van der Waals surface area contributed by atoms with Crippen LogP contribution >= 0.6 is 34.3 Å². The van der Waals surface area contributed by atoms with Crippen LogP contribution in [0.4, 0.5) is 11.5 Å². The highest BCUT2D eigenvalue weighted by Crippen LogP contribution is 2.35. The summed E-state index contributed by atoms with van der Waals surface area (Å²) >= 11 is 9.49. The van der Waals surface area contributed by atoms with Gasteiger partial charge in [-0.05, 0) is 110 Å². The minimum atomic E-state index is 0.466. The van der Waals surface area contributed by atoms with E-state index in [0.29, 0.717) is 5.15 Å². The zero-order valence-electron chi connectivity index (χ0n) is 26.7. The number of nitrogens with one attached hydrogen (secondary N) is 1. The first-order chi connectivity index (χ1) is 23.3. The number of aryl methyl sites for hydroxylation is 4. The third kappa shape index (κ3) is 5.81. The van der Waals surface area contributed by atoms with Gasteiger partial charge < -0.3 is 5.32 Å². The lowest BCUT2D eigenvalue weighted by Crippen LogP contribution is -2.00. The van der Waals surface area contributed by atoms with Crippen molar-refractivity contribution in [2.75, 3.05) is 5.32 Å². The van der Waals surface area contributed by atoms with Gasteiger partial charge in [-0.15, -0.1) is 27.8 Å². The predicted octanol–water partition coefficient (Wildman–Crippen LogP) is 10.9. The molecule has 0 saturated carbocycles. The highest BCUT2D eigenvalue weighted by atomic mass is 35.5. The van der Waals surface area contributed by atoms with Crippen molar-refractivity contribution >= 4 is 77.2 Å². The van der Waals surface area contributed by atoms with E-state index in [1.54, 1.807) is 33.3 Å². The van der Waals surface area contributed by atoms with E-state index in [1.807, 2.05) is 35.1 Å².